The van der Waals surface area contributed by atoms with E-state index in [1.165, 1.54) is 21.9 Å². The number of aliphatic hydroxyl groups is 1. The normalized spacial score (nSPS) is 15.1. The van der Waals surface area contributed by atoms with Gasteiger partial charge in [0.15, 0.2) is 0 Å². The third kappa shape index (κ3) is 3.72. The first kappa shape index (κ1) is 19.8. The van der Waals surface area contributed by atoms with Gasteiger partial charge in [-0.25, -0.2) is 0 Å². The summed E-state index contributed by atoms with van der Waals surface area (Å²) >= 11 is 0. The van der Waals surface area contributed by atoms with E-state index in [9.17, 15) is 9.90 Å². The van der Waals surface area contributed by atoms with Gasteiger partial charge in [-0.05, 0) is 59.7 Å². The summed E-state index contributed by atoms with van der Waals surface area (Å²) in [6.45, 7) is 4.37. The number of aryl methyl sites for hydroxylation is 1. The Hall–Kier alpha value is -3.11. The molecule has 0 atom stereocenters. The van der Waals surface area contributed by atoms with Gasteiger partial charge in [-0.15, -0.1) is 0 Å². The van der Waals surface area contributed by atoms with Crippen LogP contribution < -0.4 is 0 Å². The lowest BCUT2D eigenvalue weighted by atomic mass is 9.98. The van der Waals surface area contributed by atoms with Crippen LogP contribution in [0.15, 0.2) is 66.7 Å². The number of nitrogens with zero attached hydrogens (tertiary/aromatic N) is 2. The number of carbonyl (C=O) groups excluding carboxylic acids is 1. The molecule has 158 valence electrons. The largest absolute Gasteiger partial charge is 0.396 e. The molecular formula is C27H28N2O2. The van der Waals surface area contributed by atoms with E-state index in [4.69, 9.17) is 0 Å². The van der Waals surface area contributed by atoms with E-state index >= 15 is 0 Å². The second kappa shape index (κ2) is 8.20. The van der Waals surface area contributed by atoms with Gasteiger partial charge in [0.1, 0.15) is 5.69 Å². The molecule has 4 aromatic rings. The highest BCUT2D eigenvalue weighted by Gasteiger charge is 2.26. The molecule has 4 heteroatoms. The summed E-state index contributed by atoms with van der Waals surface area (Å²) in [5, 5.41) is 13.0. The highest BCUT2D eigenvalue weighted by molar-refractivity contribution is 5.99. The van der Waals surface area contributed by atoms with Crippen molar-refractivity contribution in [3.05, 3.63) is 83.6 Å². The summed E-state index contributed by atoms with van der Waals surface area (Å²) < 4.78 is 2.19. The van der Waals surface area contributed by atoms with Crippen molar-refractivity contribution in [2.75, 3.05) is 19.7 Å². The number of amides is 1. The van der Waals surface area contributed by atoms with E-state index in [1.54, 1.807) is 0 Å². The Morgan fingerprint density at radius 2 is 1.74 bits per heavy atom. The zero-order valence-electron chi connectivity index (χ0n) is 17.9. The number of hydrogen-bond donors (Lipinski definition) is 1. The Morgan fingerprint density at radius 3 is 2.55 bits per heavy atom. The lowest BCUT2D eigenvalue weighted by Crippen LogP contribution is -2.40. The molecule has 4 nitrogen and oxygen atoms in total. The summed E-state index contributed by atoms with van der Waals surface area (Å²) in [4.78, 5) is 15.5. The molecule has 1 aliphatic heterocycles. The van der Waals surface area contributed by atoms with Crippen LogP contribution in [0.1, 0.15) is 34.5 Å². The van der Waals surface area contributed by atoms with Gasteiger partial charge < -0.3 is 14.6 Å². The maximum atomic E-state index is 13.6. The number of fused-ring (bicyclic) bond motifs is 2. The molecule has 1 aliphatic rings. The lowest BCUT2D eigenvalue weighted by molar-refractivity contribution is 0.0641. The predicted octanol–water partition coefficient (Wildman–Crippen LogP) is 5.00. The molecule has 1 N–H and O–H groups in total. The van der Waals surface area contributed by atoms with Crippen LogP contribution in [0.4, 0.5) is 0 Å². The van der Waals surface area contributed by atoms with Gasteiger partial charge in [-0.3, -0.25) is 4.79 Å². The van der Waals surface area contributed by atoms with Gasteiger partial charge in [0.05, 0.1) is 0 Å². The Labute approximate surface area is 182 Å². The molecule has 1 fully saturated rings. The summed E-state index contributed by atoms with van der Waals surface area (Å²) in [7, 11) is 0. The fraction of sp³-hybridized carbons (Fsp3) is 0.296. The Morgan fingerprint density at radius 1 is 0.968 bits per heavy atom. The van der Waals surface area contributed by atoms with Crippen molar-refractivity contribution in [1.82, 2.24) is 9.47 Å². The quantitative estimate of drug-likeness (QED) is 0.513. The van der Waals surface area contributed by atoms with Gasteiger partial charge in [0.25, 0.3) is 5.91 Å². The first-order valence-electron chi connectivity index (χ1n) is 11.1. The van der Waals surface area contributed by atoms with Crippen LogP contribution in [0, 0.1) is 12.8 Å². The maximum Gasteiger partial charge on any atom is 0.270 e. The van der Waals surface area contributed by atoms with Crippen molar-refractivity contribution < 1.29 is 9.90 Å². The maximum absolute atomic E-state index is 13.6. The summed E-state index contributed by atoms with van der Waals surface area (Å²) in [6.07, 6.45) is 1.73. The molecule has 0 unspecified atom stereocenters. The van der Waals surface area contributed by atoms with Gasteiger partial charge in [-0.2, -0.15) is 0 Å². The van der Waals surface area contributed by atoms with Crippen LogP contribution in [0.25, 0.3) is 21.7 Å². The predicted molar refractivity (Wildman–Crippen MR) is 125 cm³/mol. The number of likely N-dealkylation sites (tertiary alicyclic amines) is 1. The molecule has 0 bridgehead atoms. The van der Waals surface area contributed by atoms with Gasteiger partial charge in [0.2, 0.25) is 0 Å². The number of hydrogen-bond acceptors (Lipinski definition) is 2. The van der Waals surface area contributed by atoms with Crippen molar-refractivity contribution in [2.45, 2.75) is 26.3 Å². The Kier molecular flexibility index (Phi) is 5.24. The number of benzene rings is 3. The van der Waals surface area contributed by atoms with Crippen molar-refractivity contribution >= 4 is 27.6 Å². The highest BCUT2D eigenvalue weighted by atomic mass is 16.3. The average molecular weight is 413 g/mol. The number of carbonyl (C=O) groups is 1. The molecule has 1 amide bonds. The molecule has 0 saturated carbocycles. The summed E-state index contributed by atoms with van der Waals surface area (Å²) in [6, 6.07) is 23.2. The van der Waals surface area contributed by atoms with Crippen LogP contribution in [0.3, 0.4) is 0 Å². The minimum atomic E-state index is 0.0884. The van der Waals surface area contributed by atoms with E-state index in [2.05, 4.69) is 72.2 Å². The van der Waals surface area contributed by atoms with E-state index in [1.807, 2.05) is 11.0 Å². The smallest absolute Gasteiger partial charge is 0.270 e. The fourth-order valence-corrected chi connectivity index (χ4v) is 4.79. The third-order valence-corrected chi connectivity index (χ3v) is 6.65. The van der Waals surface area contributed by atoms with Crippen LogP contribution in [-0.2, 0) is 6.54 Å². The molecule has 31 heavy (non-hydrogen) atoms. The van der Waals surface area contributed by atoms with Crippen LogP contribution in [-0.4, -0.2) is 40.2 Å². The SMILES string of the molecule is Cc1ccc2cc(C(=O)N3CCC(CO)CC3)n(Cc3cccc4ccccc34)c2c1. The van der Waals surface area contributed by atoms with Crippen LogP contribution >= 0.6 is 0 Å². The van der Waals surface area contributed by atoms with Gasteiger partial charge in [0, 0.05) is 37.1 Å². The second-order valence-corrected chi connectivity index (χ2v) is 8.73. The van der Waals surface area contributed by atoms with Crippen molar-refractivity contribution in [2.24, 2.45) is 5.92 Å². The molecule has 2 heterocycles. The third-order valence-electron chi connectivity index (χ3n) is 6.65. The van der Waals surface area contributed by atoms with Crippen molar-refractivity contribution in [3.8, 4) is 0 Å². The minimum Gasteiger partial charge on any atom is -0.396 e. The highest BCUT2D eigenvalue weighted by Crippen LogP contribution is 2.27. The van der Waals surface area contributed by atoms with Gasteiger partial charge >= 0.3 is 0 Å². The minimum absolute atomic E-state index is 0.0884. The zero-order chi connectivity index (χ0) is 21.4. The molecule has 0 aliphatic carbocycles. The first-order chi connectivity index (χ1) is 15.1. The van der Waals surface area contributed by atoms with Crippen molar-refractivity contribution in [1.29, 1.82) is 0 Å². The molecular weight excluding hydrogens is 384 g/mol. The molecule has 3 aromatic carbocycles. The van der Waals surface area contributed by atoms with Crippen LogP contribution in [0.5, 0.6) is 0 Å². The molecule has 1 saturated heterocycles. The average Bonchev–Trinajstić information content (AvgIpc) is 3.16. The van der Waals surface area contributed by atoms with Crippen LogP contribution in [0.2, 0.25) is 0 Å². The summed E-state index contributed by atoms with van der Waals surface area (Å²) in [5.74, 6) is 0.402. The van der Waals surface area contributed by atoms with E-state index in [-0.39, 0.29) is 12.5 Å². The lowest BCUT2D eigenvalue weighted by Gasteiger charge is -2.31. The number of aliphatic hydroxyl groups excluding tert-OH is 1. The van der Waals surface area contributed by atoms with Gasteiger partial charge in [-0.1, -0.05) is 54.6 Å². The molecule has 1 aromatic heterocycles. The first-order valence-corrected chi connectivity index (χ1v) is 11.1. The number of rotatable bonds is 4. The summed E-state index contributed by atoms with van der Waals surface area (Å²) in [5.41, 5.74) is 4.25. The van der Waals surface area contributed by atoms with Crippen molar-refractivity contribution in [3.63, 3.8) is 0 Å². The number of piperidine rings is 1. The monoisotopic (exact) mass is 412 g/mol. The zero-order valence-corrected chi connectivity index (χ0v) is 17.9. The fourth-order valence-electron chi connectivity index (χ4n) is 4.79. The molecule has 5 rings (SSSR count). The molecule has 0 radical (unpaired) electrons. The second-order valence-electron chi connectivity index (χ2n) is 8.73. The standard InChI is InChI=1S/C27H28N2O2/c1-19-9-10-22-16-26(27(31)28-13-11-20(18-30)12-14-28)29(25(22)15-19)17-23-7-4-6-21-5-2-3-8-24(21)23/h2-10,15-16,20,30H,11-14,17-18H2,1H3. The Balaban J connectivity index is 1.58. The van der Waals surface area contributed by atoms with E-state index < -0.39 is 0 Å². The molecule has 0 spiro atoms. The Bertz CT molecular complexity index is 1240. The number of aromatic nitrogens is 1. The topological polar surface area (TPSA) is 45.5 Å². The van der Waals surface area contributed by atoms with E-state index in [0.717, 1.165) is 29.4 Å². The van der Waals surface area contributed by atoms with E-state index in [0.29, 0.717) is 25.6 Å².